The van der Waals surface area contributed by atoms with Gasteiger partial charge in [-0.2, -0.15) is 0 Å². The summed E-state index contributed by atoms with van der Waals surface area (Å²) >= 11 is 3.65. The van der Waals surface area contributed by atoms with Crippen molar-refractivity contribution in [1.29, 1.82) is 0 Å². The number of likely N-dealkylation sites (tertiary alicyclic amines) is 1. The van der Waals surface area contributed by atoms with Gasteiger partial charge in [-0.25, -0.2) is 0 Å². The van der Waals surface area contributed by atoms with Gasteiger partial charge in [0.2, 0.25) is 11.8 Å². The van der Waals surface area contributed by atoms with Gasteiger partial charge >= 0.3 is 5.97 Å². The van der Waals surface area contributed by atoms with Crippen molar-refractivity contribution in [1.82, 2.24) is 9.80 Å². The molecule has 2 amide bonds. The lowest BCUT2D eigenvalue weighted by molar-refractivity contribution is -0.155. The third kappa shape index (κ3) is 4.84. The molecule has 3 unspecified atom stereocenters. The van der Waals surface area contributed by atoms with Crippen molar-refractivity contribution < 1.29 is 29.0 Å². The third-order valence-electron chi connectivity index (χ3n) is 7.11. The largest absolute Gasteiger partial charge is 0.465 e. The smallest absolute Gasteiger partial charge is 0.312 e. The minimum Gasteiger partial charge on any atom is -0.465 e. The van der Waals surface area contributed by atoms with Crippen LogP contribution in [0.2, 0.25) is 0 Å². The van der Waals surface area contributed by atoms with Gasteiger partial charge in [0.25, 0.3) is 0 Å². The number of amides is 2. The fraction of sp³-hybridized carbons (Fsp3) is 0.720. The Hall–Kier alpha value is -1.71. The average molecular weight is 541 g/mol. The number of carbonyl (C=O) groups excluding carboxylic acids is 3. The zero-order chi connectivity index (χ0) is 24.9. The van der Waals surface area contributed by atoms with Gasteiger partial charge in [0.1, 0.15) is 11.6 Å². The van der Waals surface area contributed by atoms with Crippen LogP contribution in [-0.2, 0) is 23.9 Å². The lowest BCUT2D eigenvalue weighted by atomic mass is 9.70. The summed E-state index contributed by atoms with van der Waals surface area (Å²) in [5.74, 6) is -2.40. The van der Waals surface area contributed by atoms with Crippen LogP contribution in [0.3, 0.4) is 0 Å². The number of aliphatic hydroxyl groups is 1. The number of carbonyl (C=O) groups is 3. The summed E-state index contributed by atoms with van der Waals surface area (Å²) in [6.07, 6.45) is 6.66. The molecule has 2 bridgehead atoms. The molecule has 3 heterocycles. The van der Waals surface area contributed by atoms with Crippen molar-refractivity contribution in [2.45, 2.75) is 68.0 Å². The van der Waals surface area contributed by atoms with E-state index in [-0.39, 0.29) is 29.9 Å². The van der Waals surface area contributed by atoms with Gasteiger partial charge in [-0.15, -0.1) is 13.2 Å². The quantitative estimate of drug-likeness (QED) is 0.157. The summed E-state index contributed by atoms with van der Waals surface area (Å²) in [6.45, 7) is 11.0. The number of halogens is 1. The molecule has 9 heteroatoms. The van der Waals surface area contributed by atoms with E-state index in [1.54, 1.807) is 22.0 Å². The summed E-state index contributed by atoms with van der Waals surface area (Å²) in [6, 6.07) is -0.823. The van der Waals surface area contributed by atoms with Crippen LogP contribution in [0.15, 0.2) is 25.3 Å². The van der Waals surface area contributed by atoms with E-state index in [4.69, 9.17) is 9.47 Å². The number of aliphatic hydroxyl groups excluding tert-OH is 1. The number of unbranched alkanes of at least 4 members (excludes halogenated alkanes) is 2. The highest BCUT2D eigenvalue weighted by Gasteiger charge is 2.77. The van der Waals surface area contributed by atoms with Gasteiger partial charge in [-0.1, -0.05) is 41.4 Å². The molecule has 34 heavy (non-hydrogen) atoms. The molecule has 0 aromatic carbocycles. The maximum Gasteiger partial charge on any atom is 0.312 e. The Morgan fingerprint density at radius 2 is 2.09 bits per heavy atom. The van der Waals surface area contributed by atoms with Gasteiger partial charge in [-0.05, 0) is 32.1 Å². The second-order valence-electron chi connectivity index (χ2n) is 9.30. The van der Waals surface area contributed by atoms with Crippen LogP contribution in [-0.4, -0.2) is 88.1 Å². The molecule has 0 radical (unpaired) electrons. The van der Waals surface area contributed by atoms with Gasteiger partial charge in [0, 0.05) is 31.1 Å². The SMILES string of the molecule is C=CCCOC(=O)[C@H]1[C@H]2C(=O)N(CCCCO)C(C(=O)N(CC=C)CCCC)C23CC(Br)[C@@H]1O3. The number of esters is 1. The monoisotopic (exact) mass is 540 g/mol. The fourth-order valence-corrected chi connectivity index (χ4v) is 6.56. The zero-order valence-electron chi connectivity index (χ0n) is 20.0. The van der Waals surface area contributed by atoms with Crippen LogP contribution >= 0.6 is 15.9 Å². The predicted octanol–water partition coefficient (Wildman–Crippen LogP) is 2.44. The van der Waals surface area contributed by atoms with Crippen LogP contribution in [0.4, 0.5) is 0 Å². The highest BCUT2D eigenvalue weighted by Crippen LogP contribution is 2.60. The van der Waals surface area contributed by atoms with Crippen LogP contribution in [0.5, 0.6) is 0 Å². The van der Waals surface area contributed by atoms with Crippen LogP contribution in [0.1, 0.15) is 45.4 Å². The van der Waals surface area contributed by atoms with Crippen molar-refractivity contribution in [3.63, 3.8) is 0 Å². The molecule has 190 valence electrons. The number of alkyl halides is 1. The molecular weight excluding hydrogens is 504 g/mol. The van der Waals surface area contributed by atoms with Crippen molar-refractivity contribution in [3.05, 3.63) is 25.3 Å². The first-order valence-corrected chi connectivity index (χ1v) is 13.2. The molecule has 1 spiro atoms. The Morgan fingerprint density at radius 1 is 1.32 bits per heavy atom. The molecule has 6 atom stereocenters. The number of ether oxygens (including phenoxy) is 2. The van der Waals surface area contributed by atoms with E-state index in [9.17, 15) is 19.5 Å². The van der Waals surface area contributed by atoms with Gasteiger partial charge < -0.3 is 24.4 Å². The molecule has 0 aliphatic carbocycles. The van der Waals surface area contributed by atoms with E-state index in [1.807, 2.05) is 0 Å². The Kier molecular flexibility index (Phi) is 9.34. The highest BCUT2D eigenvalue weighted by atomic mass is 79.9. The molecular formula is C25H37BrN2O6. The van der Waals surface area contributed by atoms with Crippen molar-refractivity contribution in [2.24, 2.45) is 11.8 Å². The molecule has 3 aliphatic rings. The molecule has 3 rings (SSSR count). The van der Waals surface area contributed by atoms with Crippen LogP contribution in [0.25, 0.3) is 0 Å². The molecule has 0 aromatic rings. The van der Waals surface area contributed by atoms with Gasteiger partial charge in [0.15, 0.2) is 0 Å². The van der Waals surface area contributed by atoms with Gasteiger partial charge in [0.05, 0.1) is 24.5 Å². The summed E-state index contributed by atoms with van der Waals surface area (Å²) < 4.78 is 11.9. The number of nitrogens with zero attached hydrogens (tertiary/aromatic N) is 2. The third-order valence-corrected chi connectivity index (χ3v) is 7.96. The number of rotatable bonds is 14. The van der Waals surface area contributed by atoms with E-state index in [0.717, 1.165) is 12.8 Å². The molecule has 1 N–H and O–H groups in total. The number of hydrogen-bond donors (Lipinski definition) is 1. The van der Waals surface area contributed by atoms with E-state index in [0.29, 0.717) is 45.3 Å². The van der Waals surface area contributed by atoms with Crippen molar-refractivity contribution in [2.75, 3.05) is 32.8 Å². The Labute approximate surface area is 210 Å². The first kappa shape index (κ1) is 26.9. The molecule has 0 aromatic heterocycles. The van der Waals surface area contributed by atoms with E-state index < -0.39 is 35.6 Å². The van der Waals surface area contributed by atoms with Crippen molar-refractivity contribution >= 4 is 33.7 Å². The van der Waals surface area contributed by atoms with Crippen LogP contribution < -0.4 is 0 Å². The standard InChI is InChI=1S/C25H37BrN2O6/c1-4-7-12-27(11-6-3)23(31)21-25-16-17(26)20(34-25)18(24(32)33-15-8-5-2)19(25)22(30)28(21)13-9-10-14-29/h5-6,17-21,29H,2-4,7-16H2,1H3/t17?,18-,19-,20-,21?,25?/m0/s1. The normalized spacial score (nSPS) is 31.4. The summed E-state index contributed by atoms with van der Waals surface area (Å²) in [4.78, 5) is 44.0. The minimum atomic E-state index is -1.08. The Balaban J connectivity index is 1.97. The highest BCUT2D eigenvalue weighted by molar-refractivity contribution is 9.09. The lowest BCUT2D eigenvalue weighted by Crippen LogP contribution is -2.57. The minimum absolute atomic E-state index is 0.00854. The lowest BCUT2D eigenvalue weighted by Gasteiger charge is -2.37. The number of fused-ring (bicyclic) bond motifs is 1. The molecule has 3 saturated heterocycles. The summed E-state index contributed by atoms with van der Waals surface area (Å²) in [5.41, 5.74) is -1.08. The maximum absolute atomic E-state index is 14.0. The second kappa shape index (κ2) is 11.8. The first-order chi connectivity index (χ1) is 16.4. The predicted molar refractivity (Wildman–Crippen MR) is 131 cm³/mol. The van der Waals surface area contributed by atoms with E-state index in [2.05, 4.69) is 36.0 Å². The molecule has 3 aliphatic heterocycles. The molecule has 0 saturated carbocycles. The fourth-order valence-electron chi connectivity index (χ4n) is 5.62. The van der Waals surface area contributed by atoms with E-state index >= 15 is 0 Å². The van der Waals surface area contributed by atoms with Crippen LogP contribution in [0, 0.1) is 11.8 Å². The maximum atomic E-state index is 14.0. The molecule has 8 nitrogen and oxygen atoms in total. The summed E-state index contributed by atoms with van der Waals surface area (Å²) in [7, 11) is 0. The van der Waals surface area contributed by atoms with Crippen molar-refractivity contribution in [3.8, 4) is 0 Å². The Bertz CT molecular complexity index is 791. The topological polar surface area (TPSA) is 96.4 Å². The first-order valence-electron chi connectivity index (χ1n) is 12.3. The zero-order valence-corrected chi connectivity index (χ0v) is 21.6. The summed E-state index contributed by atoms with van der Waals surface area (Å²) in [5, 5.41) is 9.26. The number of hydrogen-bond acceptors (Lipinski definition) is 6. The van der Waals surface area contributed by atoms with E-state index in [1.165, 1.54) is 0 Å². The van der Waals surface area contributed by atoms with Gasteiger partial charge in [-0.3, -0.25) is 14.4 Å². The second-order valence-corrected chi connectivity index (χ2v) is 10.5. The Morgan fingerprint density at radius 3 is 2.74 bits per heavy atom. The average Bonchev–Trinajstić information content (AvgIpc) is 3.40. The molecule has 3 fully saturated rings.